The van der Waals surface area contributed by atoms with Crippen LogP contribution < -0.4 is 30.1 Å². The minimum Gasteiger partial charge on any atom is -0.453 e. The fourth-order valence-electron chi connectivity index (χ4n) is 8.85. The molecular weight excluding hydrogens is 1320 g/mol. The number of esters is 3. The van der Waals surface area contributed by atoms with Crippen molar-refractivity contribution in [3.8, 4) is 0 Å². The van der Waals surface area contributed by atoms with Crippen LogP contribution >= 0.6 is 34.0 Å². The maximum atomic E-state index is 12.7. The van der Waals surface area contributed by atoms with Gasteiger partial charge in [0.1, 0.15) is 25.3 Å². The van der Waals surface area contributed by atoms with Crippen LogP contribution in [0.1, 0.15) is 176 Å². The maximum absolute atomic E-state index is 12.7. The number of sulfone groups is 3. The number of amides is 3. The molecule has 3 amide bonds. The minimum atomic E-state index is -4.32. The van der Waals surface area contributed by atoms with Crippen molar-refractivity contribution in [2.24, 2.45) is 0 Å². The maximum Gasteiger partial charge on any atom is 0.306 e. The van der Waals surface area contributed by atoms with Crippen LogP contribution in [0.5, 0.6) is 0 Å². The van der Waals surface area contributed by atoms with Gasteiger partial charge < -0.3 is 30.2 Å². The zero-order valence-corrected chi connectivity index (χ0v) is 57.5. The van der Waals surface area contributed by atoms with Gasteiger partial charge in [-0.1, -0.05) is 41.5 Å². The van der Waals surface area contributed by atoms with Gasteiger partial charge in [0, 0.05) is 54.1 Å². The molecule has 0 saturated carbocycles. The molecule has 87 heavy (non-hydrogen) atoms. The van der Waals surface area contributed by atoms with E-state index in [-0.39, 0.29) is 62.6 Å². The Morgan fingerprint density at radius 1 is 0.448 bits per heavy atom. The van der Waals surface area contributed by atoms with Gasteiger partial charge in [-0.05, 0) is 118 Å². The van der Waals surface area contributed by atoms with E-state index in [9.17, 15) is 79.3 Å². The average molecular weight is 1400 g/mol. The molecule has 0 spiro atoms. The summed E-state index contributed by atoms with van der Waals surface area (Å²) in [7, 11) is -23.9. The summed E-state index contributed by atoms with van der Waals surface area (Å²) in [6.07, 6.45) is -0.949. The van der Waals surface area contributed by atoms with E-state index >= 15 is 0 Å². The Kier molecular flexibility index (Phi) is 26.7. The van der Waals surface area contributed by atoms with E-state index in [0.717, 1.165) is 0 Å². The van der Waals surface area contributed by atoms with Gasteiger partial charge in [-0.2, -0.15) is 0 Å². The largest absolute Gasteiger partial charge is 0.453 e. The van der Waals surface area contributed by atoms with Crippen molar-refractivity contribution in [1.29, 1.82) is 0 Å². The molecule has 3 unspecified atom stereocenters. The van der Waals surface area contributed by atoms with Crippen LogP contribution in [0.15, 0.2) is 43.5 Å². The number of carbonyl (C=O) groups excluding carboxylic acids is 6. The summed E-state index contributed by atoms with van der Waals surface area (Å²) in [4.78, 5) is 71.0. The molecule has 492 valence electrons. The van der Waals surface area contributed by atoms with Gasteiger partial charge in [0.15, 0.2) is 47.8 Å². The summed E-state index contributed by atoms with van der Waals surface area (Å²) < 4.78 is 171. The minimum absolute atomic E-state index is 0.00236. The quantitative estimate of drug-likeness (QED) is 0.0531. The van der Waals surface area contributed by atoms with Crippen LogP contribution in [0.4, 0.5) is 0 Å². The second kappa shape index (κ2) is 31.0. The van der Waals surface area contributed by atoms with Crippen molar-refractivity contribution in [1.82, 2.24) is 30.1 Å². The third-order valence-electron chi connectivity index (χ3n) is 13.5. The first-order chi connectivity index (χ1) is 40.3. The van der Waals surface area contributed by atoms with Gasteiger partial charge >= 0.3 is 17.9 Å². The van der Waals surface area contributed by atoms with Gasteiger partial charge in [-0.25, -0.2) is 64.7 Å². The number of nitrogens with one attached hydrogen (secondary N) is 6. The molecule has 6 heterocycles. The fourth-order valence-corrected chi connectivity index (χ4v) is 24.0. The van der Waals surface area contributed by atoms with Gasteiger partial charge in [-0.3, -0.25) is 28.8 Å². The molecule has 27 nitrogen and oxygen atoms in total. The molecule has 0 radical (unpaired) electrons. The summed E-state index contributed by atoms with van der Waals surface area (Å²) in [5.74, 6) is -4.81. The highest BCUT2D eigenvalue weighted by Crippen LogP contribution is 2.45. The predicted molar refractivity (Wildman–Crippen MR) is 323 cm³/mol. The van der Waals surface area contributed by atoms with Gasteiger partial charge in [0.25, 0.3) is 47.8 Å². The van der Waals surface area contributed by atoms with Crippen molar-refractivity contribution in [3.63, 3.8) is 0 Å². The number of thiophene rings is 3. The molecule has 0 saturated heterocycles. The molecule has 0 fully saturated rings. The first kappa shape index (κ1) is 75.0. The van der Waals surface area contributed by atoms with Crippen LogP contribution in [-0.2, 0) is 103 Å². The van der Waals surface area contributed by atoms with E-state index in [1.165, 1.54) is 39.0 Å². The molecule has 0 aromatic carbocycles. The highest BCUT2D eigenvalue weighted by molar-refractivity contribution is 7.97. The highest BCUT2D eigenvalue weighted by atomic mass is 32.3. The van der Waals surface area contributed by atoms with E-state index < -0.39 is 129 Å². The van der Waals surface area contributed by atoms with Crippen LogP contribution in [0, 0.1) is 0 Å². The van der Waals surface area contributed by atoms with Gasteiger partial charge in [0.2, 0.25) is 0 Å². The summed E-state index contributed by atoms with van der Waals surface area (Å²) >= 11 is 1.86. The molecule has 6 rings (SSSR count). The Labute approximate surface area is 521 Å². The molecule has 3 aliphatic heterocycles. The van der Waals surface area contributed by atoms with Crippen molar-refractivity contribution in [2.75, 3.05) is 19.6 Å². The van der Waals surface area contributed by atoms with E-state index in [0.29, 0.717) is 109 Å². The number of sulfonamides is 3. The molecular formula is C51H78N6O21S9. The van der Waals surface area contributed by atoms with Crippen molar-refractivity contribution >= 4 is 129 Å². The molecule has 3 aromatic rings. The lowest BCUT2D eigenvalue weighted by Gasteiger charge is -2.27. The van der Waals surface area contributed by atoms with Gasteiger partial charge in [0.05, 0.1) is 15.7 Å². The van der Waals surface area contributed by atoms with E-state index in [1.54, 1.807) is 41.5 Å². The smallest absolute Gasteiger partial charge is 0.306 e. The number of hydrogen-bond donors (Lipinski definition) is 6. The lowest BCUT2D eigenvalue weighted by molar-refractivity contribution is -0.154. The standard InChI is InChI=1S/3C17H26N2O7S3/c3*1-5-7-14(20)26-11(4)16(21)19-29(24,25)15-9-12-13(18-6-2)8-10(3)28(22,23)17(12)27-15/h3*9-11,13,18H,5-8H2,1-4H3,(H,19,21)/t3*10-,11?,13-/m000/s1. The number of hydrogen-bond acceptors (Lipinski definition) is 27. The lowest BCUT2D eigenvalue weighted by Crippen LogP contribution is -2.39. The normalized spacial score (nSPS) is 21.8. The first-order valence-electron chi connectivity index (χ1n) is 27.9. The van der Waals surface area contributed by atoms with Crippen LogP contribution in [0.25, 0.3) is 0 Å². The molecule has 0 aliphatic carbocycles. The molecule has 0 bridgehead atoms. The SMILES string of the molecule is CCCC(=O)OC(C)C(=O)NS(=O)(=O)c1cc2c(s1)S(=O)(=O)[C@@H](C)C[C@@H]2NCC.CCCC(=O)OC(C)C(=O)NS(=O)(=O)c1cc2c(s1)S(=O)(=O)[C@@H](C)C[C@@H]2NCC.CCCC(=O)OC(C)C(=O)NS(=O)(=O)c1cc2c(s1)S(=O)(=O)[C@@H](C)C[C@@H]2NCC. The monoisotopic (exact) mass is 1400 g/mol. The molecule has 9 atom stereocenters. The molecule has 3 aliphatic rings. The third-order valence-corrected chi connectivity index (χ3v) is 30.7. The molecule has 3 aromatic heterocycles. The average Bonchev–Trinajstić information content (AvgIpc) is 1.68. The van der Waals surface area contributed by atoms with Crippen LogP contribution in [0.3, 0.4) is 0 Å². The zero-order chi connectivity index (χ0) is 65.9. The molecule has 36 heteroatoms. The van der Waals surface area contributed by atoms with Gasteiger partial charge in [-0.15, -0.1) is 34.0 Å². The van der Waals surface area contributed by atoms with Crippen molar-refractivity contribution in [2.45, 2.75) is 218 Å². The van der Waals surface area contributed by atoms with E-state index in [2.05, 4.69) is 16.0 Å². The van der Waals surface area contributed by atoms with Crippen molar-refractivity contribution in [3.05, 3.63) is 34.9 Å². The summed E-state index contributed by atoms with van der Waals surface area (Å²) in [5, 5.41) is 7.55. The number of carbonyl (C=O) groups is 6. The zero-order valence-electron chi connectivity index (χ0n) is 50.2. The van der Waals surface area contributed by atoms with Crippen LogP contribution in [0.2, 0.25) is 0 Å². The predicted octanol–water partition coefficient (Wildman–Crippen LogP) is 4.50. The summed E-state index contributed by atoms with van der Waals surface area (Å²) in [5.41, 5.74) is 1.18. The van der Waals surface area contributed by atoms with Crippen molar-refractivity contribution < 1.29 is 93.5 Å². The highest BCUT2D eigenvalue weighted by Gasteiger charge is 2.43. The topological polar surface area (TPSA) is 407 Å². The number of fused-ring (bicyclic) bond motifs is 3. The third kappa shape index (κ3) is 18.6. The molecule has 6 N–H and O–H groups in total. The Morgan fingerprint density at radius 2 is 0.667 bits per heavy atom. The first-order valence-corrected chi connectivity index (χ1v) is 39.5. The van der Waals surface area contributed by atoms with E-state index in [4.69, 9.17) is 14.2 Å². The fraction of sp³-hybridized carbons (Fsp3) is 0.647. The lowest BCUT2D eigenvalue weighted by atomic mass is 10.1. The Morgan fingerprint density at radius 3 is 0.862 bits per heavy atom. The Hall–Kier alpha value is -4.50. The second-order valence-corrected chi connectivity index (χ2v) is 37.2. The summed E-state index contributed by atoms with van der Waals surface area (Å²) in [6.45, 7) is 21.3. The van der Waals surface area contributed by atoms with E-state index in [1.807, 2.05) is 34.9 Å². The summed E-state index contributed by atoms with van der Waals surface area (Å²) in [6, 6.07) is 3.00. The Balaban J connectivity index is 0.000000279. The second-order valence-electron chi connectivity index (χ2n) is 20.6. The number of ether oxygens (including phenoxy) is 3. The van der Waals surface area contributed by atoms with Crippen LogP contribution in [-0.4, -0.2) is 140 Å². The Bertz CT molecular complexity index is 3330. The number of rotatable bonds is 24.